The van der Waals surface area contributed by atoms with Crippen molar-refractivity contribution in [3.05, 3.63) is 112 Å². The zero-order chi connectivity index (χ0) is 26.1. The molecule has 0 saturated carbocycles. The lowest BCUT2D eigenvalue weighted by Gasteiger charge is -2.35. The van der Waals surface area contributed by atoms with Crippen LogP contribution in [0.5, 0.6) is 0 Å². The fourth-order valence-electron chi connectivity index (χ4n) is 5.28. The molecule has 0 saturated heterocycles. The van der Waals surface area contributed by atoms with Gasteiger partial charge in [-0.25, -0.2) is 4.79 Å². The molecule has 0 fully saturated rings. The van der Waals surface area contributed by atoms with Crippen LogP contribution >= 0.6 is 0 Å². The van der Waals surface area contributed by atoms with Gasteiger partial charge in [-0.2, -0.15) is 0 Å². The van der Waals surface area contributed by atoms with Crippen molar-refractivity contribution >= 4 is 17.4 Å². The predicted octanol–water partition coefficient (Wildman–Crippen LogP) is 5.76. The van der Waals surface area contributed by atoms with Crippen LogP contribution < -0.4 is 10.2 Å². The Bertz CT molecular complexity index is 1380. The predicted molar refractivity (Wildman–Crippen MR) is 143 cm³/mol. The molecule has 190 valence electrons. The smallest absolute Gasteiger partial charge is 0.337 e. The number of aryl methyl sites for hydroxylation is 1. The van der Waals surface area contributed by atoms with Crippen molar-refractivity contribution in [2.75, 3.05) is 19.0 Å². The van der Waals surface area contributed by atoms with Crippen molar-refractivity contribution in [3.8, 4) is 0 Å². The molecule has 3 aromatic rings. The number of anilines is 1. The molecule has 0 amide bonds. The van der Waals surface area contributed by atoms with Crippen molar-refractivity contribution in [1.29, 1.82) is 0 Å². The number of nitrogens with zero attached hydrogens (tertiary/aromatic N) is 1. The van der Waals surface area contributed by atoms with E-state index in [-0.39, 0.29) is 18.3 Å². The summed E-state index contributed by atoms with van der Waals surface area (Å²) in [6.07, 6.45) is 1.06. The van der Waals surface area contributed by atoms with Crippen molar-refractivity contribution in [2.45, 2.75) is 45.1 Å². The van der Waals surface area contributed by atoms with E-state index in [2.05, 4.69) is 34.5 Å². The summed E-state index contributed by atoms with van der Waals surface area (Å²) in [5.74, 6) is 0.349. The van der Waals surface area contributed by atoms with Crippen LogP contribution in [0.3, 0.4) is 0 Å². The molecule has 6 nitrogen and oxygen atoms in total. The van der Waals surface area contributed by atoms with E-state index in [0.717, 1.165) is 28.3 Å². The van der Waals surface area contributed by atoms with Crippen LogP contribution in [0.25, 0.3) is 0 Å². The monoisotopic (exact) mass is 496 g/mol. The number of nitrogens with one attached hydrogen (secondary N) is 1. The third kappa shape index (κ3) is 4.96. The molecule has 1 aliphatic carbocycles. The summed E-state index contributed by atoms with van der Waals surface area (Å²) in [4.78, 5) is 29.2. The fourth-order valence-corrected chi connectivity index (χ4v) is 5.28. The maximum absolute atomic E-state index is 13.7. The minimum absolute atomic E-state index is 0.0235. The number of allylic oxidation sites excluding steroid dienone is 3. The number of dihydropyridines is 1. The number of ketones is 1. The number of carbonyl (C=O) groups is 2. The Hall–Kier alpha value is -4.06. The first-order chi connectivity index (χ1) is 17.8. The molecule has 1 N–H and O–H groups in total. The second kappa shape index (κ2) is 10.1. The zero-order valence-electron chi connectivity index (χ0n) is 21.7. The van der Waals surface area contributed by atoms with Gasteiger partial charge in [0.25, 0.3) is 0 Å². The molecule has 0 bridgehead atoms. The lowest BCUT2D eigenvalue weighted by Crippen LogP contribution is -2.36. The minimum Gasteiger partial charge on any atom is -0.465 e. The highest BCUT2D eigenvalue weighted by Gasteiger charge is 2.42. The van der Waals surface area contributed by atoms with E-state index in [1.54, 1.807) is 0 Å². The summed E-state index contributed by atoms with van der Waals surface area (Å²) in [7, 11) is 4.02. The molecular weight excluding hydrogens is 464 g/mol. The first-order valence-corrected chi connectivity index (χ1v) is 12.6. The molecule has 2 aromatic carbocycles. The third-order valence-corrected chi connectivity index (χ3v) is 7.19. The highest BCUT2D eigenvalue weighted by atomic mass is 16.5. The Morgan fingerprint density at radius 2 is 1.73 bits per heavy atom. The van der Waals surface area contributed by atoms with E-state index in [1.807, 2.05) is 70.4 Å². The largest absolute Gasteiger partial charge is 0.465 e. The van der Waals surface area contributed by atoms with E-state index in [9.17, 15) is 9.59 Å². The molecule has 2 aliphatic rings. The van der Waals surface area contributed by atoms with E-state index in [1.165, 1.54) is 0 Å². The number of ether oxygens (including phenoxy) is 1. The van der Waals surface area contributed by atoms with Gasteiger partial charge in [-0.15, -0.1) is 0 Å². The van der Waals surface area contributed by atoms with E-state index < -0.39 is 11.9 Å². The van der Waals surface area contributed by atoms with Gasteiger partial charge in [0, 0.05) is 43.2 Å². The van der Waals surface area contributed by atoms with E-state index in [0.29, 0.717) is 35.4 Å². The second-order valence-electron chi connectivity index (χ2n) is 10.0. The average molecular weight is 497 g/mol. The van der Waals surface area contributed by atoms with Crippen LogP contribution in [0, 0.1) is 6.92 Å². The van der Waals surface area contributed by atoms with Crippen molar-refractivity contribution in [1.82, 2.24) is 5.32 Å². The van der Waals surface area contributed by atoms with Gasteiger partial charge in [0.1, 0.15) is 18.1 Å². The van der Waals surface area contributed by atoms with Crippen molar-refractivity contribution < 1.29 is 18.7 Å². The Balaban J connectivity index is 1.47. The van der Waals surface area contributed by atoms with Gasteiger partial charge < -0.3 is 19.4 Å². The molecule has 6 heteroatoms. The van der Waals surface area contributed by atoms with Crippen molar-refractivity contribution in [2.24, 2.45) is 0 Å². The maximum Gasteiger partial charge on any atom is 0.337 e. The zero-order valence-corrected chi connectivity index (χ0v) is 21.7. The number of hydrogen-bond donors (Lipinski definition) is 1. The average Bonchev–Trinajstić information content (AvgIpc) is 3.32. The number of Topliss-reactive ketones (excluding diaryl/α,β-unsaturated/α-hetero) is 1. The number of carbonyl (C=O) groups excluding carboxylic acids is 2. The number of esters is 1. The highest BCUT2D eigenvalue weighted by Crippen LogP contribution is 2.46. The quantitative estimate of drug-likeness (QED) is 0.438. The van der Waals surface area contributed by atoms with Crippen LogP contribution in [0.2, 0.25) is 0 Å². The van der Waals surface area contributed by atoms with Crippen LogP contribution in [-0.2, 0) is 20.9 Å². The second-order valence-corrected chi connectivity index (χ2v) is 10.0. The van der Waals surface area contributed by atoms with Crippen LogP contribution in [0.15, 0.2) is 93.7 Å². The third-order valence-electron chi connectivity index (χ3n) is 7.19. The number of benzene rings is 2. The SMILES string of the molecule is CC1=C(C(=O)OCc2ccccc2)[C@@H](c2ccc(C)o2)C2=C(C[C@H](c3ccc(N(C)C)cc3)CC2=O)N1. The van der Waals surface area contributed by atoms with Crippen molar-refractivity contribution in [3.63, 3.8) is 0 Å². The van der Waals surface area contributed by atoms with E-state index in [4.69, 9.17) is 9.15 Å². The molecular formula is C31H32N2O4. The molecule has 1 aliphatic heterocycles. The molecule has 2 atom stereocenters. The molecule has 1 aromatic heterocycles. The highest BCUT2D eigenvalue weighted by molar-refractivity contribution is 6.04. The van der Waals surface area contributed by atoms with Gasteiger partial charge >= 0.3 is 5.97 Å². The summed E-state index contributed by atoms with van der Waals surface area (Å²) < 4.78 is 11.7. The van der Waals surface area contributed by atoms with Gasteiger partial charge in [0.05, 0.1) is 11.5 Å². The summed E-state index contributed by atoms with van der Waals surface area (Å²) in [5, 5.41) is 3.40. The molecule has 5 rings (SSSR count). The fraction of sp³-hybridized carbons (Fsp3) is 0.290. The Labute approximate surface area is 217 Å². The Morgan fingerprint density at radius 3 is 2.38 bits per heavy atom. The van der Waals surface area contributed by atoms with Gasteiger partial charge in [-0.1, -0.05) is 42.5 Å². The Kier molecular flexibility index (Phi) is 6.74. The summed E-state index contributed by atoms with van der Waals surface area (Å²) in [5.41, 5.74) is 5.72. The number of rotatable bonds is 6. The van der Waals surface area contributed by atoms with Crippen LogP contribution in [-0.4, -0.2) is 25.8 Å². The number of furan rings is 1. The summed E-state index contributed by atoms with van der Waals surface area (Å²) in [6, 6.07) is 21.7. The van der Waals surface area contributed by atoms with Gasteiger partial charge in [-0.3, -0.25) is 4.79 Å². The molecule has 0 spiro atoms. The van der Waals surface area contributed by atoms with Crippen LogP contribution in [0.1, 0.15) is 54.2 Å². The lowest BCUT2D eigenvalue weighted by molar-refractivity contribution is -0.140. The lowest BCUT2D eigenvalue weighted by atomic mass is 9.73. The first kappa shape index (κ1) is 24.6. The van der Waals surface area contributed by atoms with Gasteiger partial charge in [-0.05, 0) is 61.6 Å². The standard InChI is InChI=1S/C31H32N2O4/c1-19-10-15-27(37-19)30-28(31(35)36-18-21-8-6-5-7-9-21)20(2)32-25-16-23(17-26(34)29(25)30)22-11-13-24(14-12-22)33(3)4/h5-15,23,30,32H,16-18H2,1-4H3/t23-,30+/m0/s1. The van der Waals surface area contributed by atoms with Crippen LogP contribution in [0.4, 0.5) is 5.69 Å². The first-order valence-electron chi connectivity index (χ1n) is 12.6. The molecule has 0 radical (unpaired) electrons. The molecule has 2 heterocycles. The summed E-state index contributed by atoms with van der Waals surface area (Å²) in [6.45, 7) is 3.89. The maximum atomic E-state index is 13.7. The number of hydrogen-bond acceptors (Lipinski definition) is 6. The van der Waals surface area contributed by atoms with E-state index >= 15 is 0 Å². The van der Waals surface area contributed by atoms with Gasteiger partial charge in [0.2, 0.25) is 0 Å². The molecule has 37 heavy (non-hydrogen) atoms. The topological polar surface area (TPSA) is 71.8 Å². The summed E-state index contributed by atoms with van der Waals surface area (Å²) >= 11 is 0. The van der Waals surface area contributed by atoms with Gasteiger partial charge in [0.15, 0.2) is 5.78 Å². The normalized spacial score (nSPS) is 19.4. The minimum atomic E-state index is -0.599. The molecule has 0 unspecified atom stereocenters. The Morgan fingerprint density at radius 1 is 1.00 bits per heavy atom.